The summed E-state index contributed by atoms with van der Waals surface area (Å²) in [5, 5.41) is 9.87. The number of nitrogens with zero attached hydrogens (tertiary/aromatic N) is 2. The Morgan fingerprint density at radius 3 is 2.83 bits per heavy atom. The van der Waals surface area contributed by atoms with E-state index in [1.54, 1.807) is 18.3 Å². The van der Waals surface area contributed by atoms with Gasteiger partial charge in [0, 0.05) is 18.0 Å². The molecule has 9 heteroatoms. The quantitative estimate of drug-likeness (QED) is 0.430. The second-order valence-corrected chi connectivity index (χ2v) is 6.66. The predicted octanol–water partition coefficient (Wildman–Crippen LogP) is 5.59. The van der Waals surface area contributed by atoms with Gasteiger partial charge in [0.1, 0.15) is 11.6 Å². The molecule has 0 saturated carbocycles. The number of allylic oxidation sites excluding steroid dienone is 3. The summed E-state index contributed by atoms with van der Waals surface area (Å²) in [6, 6.07) is 7.60. The molecule has 2 heterocycles. The molecule has 0 aliphatic heterocycles. The van der Waals surface area contributed by atoms with Gasteiger partial charge in [-0.25, -0.2) is 4.39 Å². The van der Waals surface area contributed by atoms with Gasteiger partial charge in [0.05, 0.1) is 11.1 Å². The van der Waals surface area contributed by atoms with Gasteiger partial charge in [0.2, 0.25) is 0 Å². The molecule has 154 valence electrons. The molecule has 1 aliphatic rings. The maximum atomic E-state index is 14.6. The van der Waals surface area contributed by atoms with E-state index < -0.39 is 23.7 Å². The summed E-state index contributed by atoms with van der Waals surface area (Å²) in [4.78, 5) is 4.21. The number of anilines is 2. The van der Waals surface area contributed by atoms with Crippen molar-refractivity contribution in [3.8, 4) is 5.75 Å². The van der Waals surface area contributed by atoms with Crippen LogP contribution < -0.4 is 10.1 Å². The summed E-state index contributed by atoms with van der Waals surface area (Å²) in [5.41, 5.74) is 1.22. The van der Waals surface area contributed by atoms with E-state index in [0.717, 1.165) is 12.2 Å². The van der Waals surface area contributed by atoms with Crippen LogP contribution in [0.25, 0.3) is 11.0 Å². The zero-order valence-corrected chi connectivity index (χ0v) is 15.5. The number of benzene rings is 1. The first kappa shape index (κ1) is 19.7. The Labute approximate surface area is 168 Å². The number of pyridine rings is 1. The molecule has 0 bridgehead atoms. The van der Waals surface area contributed by atoms with Crippen molar-refractivity contribution in [1.29, 1.82) is 0 Å². The molecule has 0 amide bonds. The van der Waals surface area contributed by atoms with E-state index >= 15 is 0 Å². The first-order valence-electron chi connectivity index (χ1n) is 8.97. The van der Waals surface area contributed by atoms with Crippen LogP contribution in [0.3, 0.4) is 0 Å². The van der Waals surface area contributed by atoms with Crippen LogP contribution in [0.2, 0.25) is 0 Å². The number of hydrogen-bond donors (Lipinski definition) is 2. The first-order chi connectivity index (χ1) is 14.3. The van der Waals surface area contributed by atoms with Gasteiger partial charge in [0.25, 0.3) is 0 Å². The van der Waals surface area contributed by atoms with Crippen LogP contribution in [0.4, 0.5) is 29.1 Å². The van der Waals surface area contributed by atoms with Gasteiger partial charge >= 0.3 is 6.18 Å². The van der Waals surface area contributed by atoms with Gasteiger partial charge in [-0.05, 0) is 42.3 Å². The van der Waals surface area contributed by atoms with Gasteiger partial charge < -0.3 is 10.1 Å². The zero-order chi connectivity index (χ0) is 21.3. The largest absolute Gasteiger partial charge is 0.479 e. The van der Waals surface area contributed by atoms with Crippen LogP contribution in [0.5, 0.6) is 5.75 Å². The molecule has 0 saturated heterocycles. The Morgan fingerprint density at radius 2 is 2.07 bits per heavy atom. The predicted molar refractivity (Wildman–Crippen MR) is 105 cm³/mol. The van der Waals surface area contributed by atoms with Crippen molar-refractivity contribution in [2.45, 2.75) is 18.7 Å². The highest BCUT2D eigenvalue weighted by atomic mass is 19.4. The number of nitrogens with one attached hydrogen (secondary N) is 2. The second kappa shape index (κ2) is 7.66. The minimum absolute atomic E-state index is 0.184. The lowest BCUT2D eigenvalue weighted by Crippen LogP contribution is -2.19. The summed E-state index contributed by atoms with van der Waals surface area (Å²) in [6.45, 7) is 3.75. The summed E-state index contributed by atoms with van der Waals surface area (Å²) in [7, 11) is 0. The number of hydrogen-bond acceptors (Lipinski definition) is 4. The molecule has 1 aliphatic carbocycles. The fourth-order valence-corrected chi connectivity index (χ4v) is 2.98. The third kappa shape index (κ3) is 4.05. The highest BCUT2D eigenvalue weighted by Gasteiger charge is 2.34. The molecule has 0 spiro atoms. The highest BCUT2D eigenvalue weighted by Crippen LogP contribution is 2.32. The molecule has 5 nitrogen and oxygen atoms in total. The van der Waals surface area contributed by atoms with Crippen molar-refractivity contribution >= 4 is 22.5 Å². The van der Waals surface area contributed by atoms with Gasteiger partial charge in [-0.15, -0.1) is 0 Å². The van der Waals surface area contributed by atoms with Crippen molar-refractivity contribution in [1.82, 2.24) is 15.2 Å². The van der Waals surface area contributed by atoms with Crippen molar-refractivity contribution < 1.29 is 22.3 Å². The van der Waals surface area contributed by atoms with Crippen LogP contribution in [0, 0.1) is 5.82 Å². The van der Waals surface area contributed by atoms with E-state index in [1.807, 2.05) is 0 Å². The van der Waals surface area contributed by atoms with E-state index in [4.69, 9.17) is 4.74 Å². The Balaban J connectivity index is 1.55. The standard InChI is InChI=1S/C21H16F4N4O/c1-12-4-2-5-13(21(23,24)25)10-18(12)30-17-8-7-14(11-15(17)22)27-20-19-16(28-29-20)6-3-9-26-19/h2-3,5-11,18H,1,4H2,(H2,27,28,29). The molecule has 4 rings (SSSR count). The molecule has 3 aromatic rings. The van der Waals surface area contributed by atoms with E-state index in [1.165, 1.54) is 24.3 Å². The van der Waals surface area contributed by atoms with Gasteiger partial charge in [0.15, 0.2) is 17.4 Å². The lowest BCUT2D eigenvalue weighted by atomic mass is 10.1. The molecular weight excluding hydrogens is 400 g/mol. The van der Waals surface area contributed by atoms with Gasteiger partial charge in [-0.3, -0.25) is 10.1 Å². The molecule has 2 N–H and O–H groups in total. The van der Waals surface area contributed by atoms with E-state index in [2.05, 4.69) is 27.1 Å². The van der Waals surface area contributed by atoms with Crippen LogP contribution in [0.1, 0.15) is 6.42 Å². The molecule has 1 aromatic carbocycles. The molecule has 0 radical (unpaired) electrons. The fourth-order valence-electron chi connectivity index (χ4n) is 2.98. The average molecular weight is 416 g/mol. The van der Waals surface area contributed by atoms with Crippen LogP contribution >= 0.6 is 0 Å². The Morgan fingerprint density at radius 1 is 1.23 bits per heavy atom. The van der Waals surface area contributed by atoms with Crippen LogP contribution in [-0.2, 0) is 0 Å². The van der Waals surface area contributed by atoms with Crippen LogP contribution in [0.15, 0.2) is 72.5 Å². The minimum atomic E-state index is -4.53. The number of halogens is 4. The van der Waals surface area contributed by atoms with E-state index in [9.17, 15) is 17.6 Å². The number of ether oxygens (including phenoxy) is 1. The van der Waals surface area contributed by atoms with Crippen molar-refractivity contribution in [3.63, 3.8) is 0 Å². The Bertz CT molecular complexity index is 1160. The zero-order valence-electron chi connectivity index (χ0n) is 15.5. The van der Waals surface area contributed by atoms with Crippen LogP contribution in [-0.4, -0.2) is 27.5 Å². The molecule has 1 atom stereocenters. The number of rotatable bonds is 4. The summed E-state index contributed by atoms with van der Waals surface area (Å²) >= 11 is 0. The monoisotopic (exact) mass is 416 g/mol. The summed E-state index contributed by atoms with van der Waals surface area (Å²) < 4.78 is 59.4. The SMILES string of the molecule is C=C1CC=CC(C(F)(F)F)=CC1Oc1ccc(Nc2n[nH]c3cccnc23)cc1F. The maximum Gasteiger partial charge on any atom is 0.416 e. The number of aromatic amines is 1. The second-order valence-electron chi connectivity index (χ2n) is 6.66. The molecule has 2 aromatic heterocycles. The highest BCUT2D eigenvalue weighted by molar-refractivity contribution is 5.87. The number of aromatic nitrogens is 3. The number of fused-ring (bicyclic) bond motifs is 1. The maximum absolute atomic E-state index is 14.6. The summed E-state index contributed by atoms with van der Waals surface area (Å²) in [6.07, 6.45) is -0.603. The fraction of sp³-hybridized carbons (Fsp3) is 0.143. The number of H-pyrrole nitrogens is 1. The molecule has 30 heavy (non-hydrogen) atoms. The van der Waals surface area contributed by atoms with E-state index in [0.29, 0.717) is 28.1 Å². The Kier molecular flexibility index (Phi) is 5.03. The van der Waals surface area contributed by atoms with Crippen molar-refractivity contribution in [3.05, 3.63) is 78.3 Å². The lowest BCUT2D eigenvalue weighted by Gasteiger charge is -2.19. The average Bonchev–Trinajstić information content (AvgIpc) is 3.00. The lowest BCUT2D eigenvalue weighted by molar-refractivity contribution is -0.0887. The van der Waals surface area contributed by atoms with Gasteiger partial charge in [-0.1, -0.05) is 18.7 Å². The first-order valence-corrected chi connectivity index (χ1v) is 8.97. The smallest absolute Gasteiger partial charge is 0.416 e. The van der Waals surface area contributed by atoms with E-state index in [-0.39, 0.29) is 12.2 Å². The van der Waals surface area contributed by atoms with Gasteiger partial charge in [-0.2, -0.15) is 18.3 Å². The van der Waals surface area contributed by atoms with Crippen molar-refractivity contribution in [2.24, 2.45) is 0 Å². The Hall–Kier alpha value is -3.62. The molecule has 0 fully saturated rings. The third-order valence-corrected chi connectivity index (χ3v) is 4.51. The summed E-state index contributed by atoms with van der Waals surface area (Å²) in [5.74, 6) is -0.504. The molecular formula is C21H16F4N4O. The minimum Gasteiger partial charge on any atom is -0.479 e. The third-order valence-electron chi connectivity index (χ3n) is 4.51. The normalized spacial score (nSPS) is 17.0. The van der Waals surface area contributed by atoms with Crippen molar-refractivity contribution in [2.75, 3.05) is 5.32 Å². The number of alkyl halides is 3. The molecule has 1 unspecified atom stereocenters. The topological polar surface area (TPSA) is 62.8 Å².